The molecule has 0 N–H and O–H groups in total. The predicted molar refractivity (Wildman–Crippen MR) is 243 cm³/mol. The molecule has 7 aromatic rings. The minimum absolute atomic E-state index is 0.0232. The molecule has 0 saturated heterocycles. The maximum absolute atomic E-state index is 2.47. The minimum Gasteiger partial charge on any atom is -0.311 e. The zero-order valence-corrected chi connectivity index (χ0v) is 33.7. The van der Waals surface area contributed by atoms with E-state index < -0.39 is 0 Å². The van der Waals surface area contributed by atoms with Crippen molar-refractivity contribution in [1.29, 1.82) is 0 Å². The van der Waals surface area contributed by atoms with Gasteiger partial charge in [-0.2, -0.15) is 0 Å². The number of nitrogens with zero attached hydrogens (tertiary/aromatic N) is 2. The summed E-state index contributed by atoms with van der Waals surface area (Å²) in [5, 5.41) is 0. The standard InChI is InChI=1S/C55H50N2/c1-39-16-25-49(26-17-39)56(47-12-8-6-9-13-47)50-29-20-41(21-30-50)43-34-35-55(5)46(37-43)38-44-36-42(22-33-53(44)55)40-18-27-51(28-19-40)57(48-14-10-7-11-15-48)52-31-23-45(24-32-52)54(2,3)4/h6-34,36-37H,35,38H2,1-5H3. The average molecular weight is 739 g/mol. The van der Waals surface area contributed by atoms with Crippen molar-refractivity contribution in [1.82, 2.24) is 0 Å². The Labute approximate surface area is 339 Å². The lowest BCUT2D eigenvalue weighted by Crippen LogP contribution is -2.22. The fourth-order valence-corrected chi connectivity index (χ4v) is 8.70. The number of anilines is 6. The number of benzene rings is 7. The Morgan fingerprint density at radius 2 is 0.947 bits per heavy atom. The highest BCUT2D eigenvalue weighted by molar-refractivity contribution is 5.83. The third-order valence-electron chi connectivity index (χ3n) is 12.1. The van der Waals surface area contributed by atoms with E-state index in [1.54, 1.807) is 0 Å². The van der Waals surface area contributed by atoms with E-state index in [4.69, 9.17) is 0 Å². The van der Waals surface area contributed by atoms with Gasteiger partial charge in [0.2, 0.25) is 0 Å². The third kappa shape index (κ3) is 7.02. The lowest BCUT2D eigenvalue weighted by molar-refractivity contribution is 0.579. The Hall–Kier alpha value is -6.38. The molecule has 0 spiro atoms. The average Bonchev–Trinajstić information content (AvgIpc) is 3.53. The molecule has 280 valence electrons. The van der Waals surface area contributed by atoms with Gasteiger partial charge >= 0.3 is 0 Å². The molecule has 0 bridgehead atoms. The Bertz CT molecular complexity index is 2570. The van der Waals surface area contributed by atoms with E-state index in [0.717, 1.165) is 47.0 Å². The third-order valence-corrected chi connectivity index (χ3v) is 12.1. The van der Waals surface area contributed by atoms with Gasteiger partial charge in [-0.15, -0.1) is 0 Å². The van der Waals surface area contributed by atoms with Gasteiger partial charge in [0.25, 0.3) is 0 Å². The molecule has 0 heterocycles. The number of fused-ring (bicyclic) bond motifs is 3. The van der Waals surface area contributed by atoms with E-state index in [9.17, 15) is 0 Å². The molecule has 2 aliphatic rings. The van der Waals surface area contributed by atoms with Crippen LogP contribution in [0.25, 0.3) is 16.7 Å². The minimum atomic E-state index is 0.0232. The van der Waals surface area contributed by atoms with Crippen LogP contribution in [-0.4, -0.2) is 0 Å². The molecule has 57 heavy (non-hydrogen) atoms. The van der Waals surface area contributed by atoms with E-state index in [1.165, 1.54) is 50.1 Å². The summed E-state index contributed by atoms with van der Waals surface area (Å²) in [5.74, 6) is 0. The second-order valence-corrected chi connectivity index (χ2v) is 17.0. The zero-order valence-electron chi connectivity index (χ0n) is 33.7. The normalized spacial score (nSPS) is 15.9. The van der Waals surface area contributed by atoms with Crippen molar-refractivity contribution in [2.45, 2.75) is 58.3 Å². The van der Waals surface area contributed by atoms with E-state index in [1.807, 2.05) is 0 Å². The predicted octanol–water partition coefficient (Wildman–Crippen LogP) is 15.1. The summed E-state index contributed by atoms with van der Waals surface area (Å²) >= 11 is 0. The molecule has 7 aromatic carbocycles. The Kier molecular flexibility index (Phi) is 9.29. The van der Waals surface area contributed by atoms with Gasteiger partial charge in [0, 0.05) is 39.5 Å². The molecule has 2 aliphatic carbocycles. The number of hydrogen-bond donors (Lipinski definition) is 0. The first-order valence-corrected chi connectivity index (χ1v) is 20.3. The van der Waals surface area contributed by atoms with Crippen LogP contribution in [0.3, 0.4) is 0 Å². The zero-order chi connectivity index (χ0) is 39.1. The Morgan fingerprint density at radius 3 is 1.47 bits per heavy atom. The first-order valence-electron chi connectivity index (χ1n) is 20.3. The van der Waals surface area contributed by atoms with Gasteiger partial charge in [0.05, 0.1) is 0 Å². The highest BCUT2D eigenvalue weighted by atomic mass is 15.1. The molecule has 0 radical (unpaired) electrons. The number of allylic oxidation sites excluding steroid dienone is 4. The summed E-state index contributed by atoms with van der Waals surface area (Å²) in [6.07, 6.45) is 6.90. The lowest BCUT2D eigenvalue weighted by atomic mass is 9.73. The second kappa shape index (κ2) is 14.6. The summed E-state index contributed by atoms with van der Waals surface area (Å²) < 4.78 is 0. The molecule has 2 heteroatoms. The van der Waals surface area contributed by atoms with Crippen LogP contribution in [0, 0.1) is 6.92 Å². The fourth-order valence-electron chi connectivity index (χ4n) is 8.70. The van der Waals surface area contributed by atoms with E-state index in [2.05, 4.69) is 232 Å². The summed E-state index contributed by atoms with van der Waals surface area (Å²) in [5.41, 5.74) is 19.1. The first kappa shape index (κ1) is 36.3. The first-order chi connectivity index (χ1) is 27.6. The molecular formula is C55H50N2. The lowest BCUT2D eigenvalue weighted by Gasteiger charge is -2.31. The van der Waals surface area contributed by atoms with Crippen LogP contribution >= 0.6 is 0 Å². The SMILES string of the molecule is Cc1ccc(N(c2ccccc2)c2ccc(C3=CCC4(C)C(=C3)Cc3cc(-c5ccc(N(c6ccccc6)c6ccc(C(C)(C)C)cc6)cc5)ccc34)cc2)cc1. The van der Waals surface area contributed by atoms with Crippen LogP contribution in [0.1, 0.15) is 61.9 Å². The van der Waals surface area contributed by atoms with E-state index in [0.29, 0.717) is 0 Å². The van der Waals surface area contributed by atoms with Gasteiger partial charge in [-0.1, -0.05) is 154 Å². The number of aryl methyl sites for hydroxylation is 1. The van der Waals surface area contributed by atoms with Crippen molar-refractivity contribution >= 4 is 39.7 Å². The van der Waals surface area contributed by atoms with Crippen LogP contribution in [-0.2, 0) is 17.3 Å². The Balaban J connectivity index is 0.958. The van der Waals surface area contributed by atoms with Crippen LogP contribution in [0.2, 0.25) is 0 Å². The monoisotopic (exact) mass is 738 g/mol. The molecule has 1 atom stereocenters. The molecule has 0 fully saturated rings. The summed E-state index contributed by atoms with van der Waals surface area (Å²) in [4.78, 5) is 4.68. The summed E-state index contributed by atoms with van der Waals surface area (Å²) in [6, 6.07) is 64.4. The van der Waals surface area contributed by atoms with Gasteiger partial charge in [0.15, 0.2) is 0 Å². The molecule has 9 rings (SSSR count). The Morgan fingerprint density at radius 1 is 0.491 bits per heavy atom. The van der Waals surface area contributed by atoms with Crippen molar-refractivity contribution in [2.75, 3.05) is 9.80 Å². The van der Waals surface area contributed by atoms with E-state index in [-0.39, 0.29) is 10.8 Å². The fraction of sp³-hybridized carbons (Fsp3) is 0.164. The highest BCUT2D eigenvalue weighted by Gasteiger charge is 2.39. The molecule has 0 saturated carbocycles. The van der Waals surface area contributed by atoms with Crippen LogP contribution in [0.4, 0.5) is 34.1 Å². The number of rotatable bonds is 8. The smallest absolute Gasteiger partial charge is 0.0462 e. The van der Waals surface area contributed by atoms with Crippen LogP contribution in [0.15, 0.2) is 194 Å². The maximum Gasteiger partial charge on any atom is 0.0462 e. The molecule has 2 nitrogen and oxygen atoms in total. The molecule has 0 aromatic heterocycles. The van der Waals surface area contributed by atoms with Gasteiger partial charge in [-0.05, 0) is 137 Å². The van der Waals surface area contributed by atoms with Crippen LogP contribution < -0.4 is 9.80 Å². The molecule has 0 aliphatic heterocycles. The maximum atomic E-state index is 2.47. The topological polar surface area (TPSA) is 6.48 Å². The molecular weight excluding hydrogens is 689 g/mol. The molecule has 0 amide bonds. The van der Waals surface area contributed by atoms with Crippen molar-refractivity contribution in [2.24, 2.45) is 0 Å². The van der Waals surface area contributed by atoms with Gasteiger partial charge in [-0.3, -0.25) is 0 Å². The van der Waals surface area contributed by atoms with Crippen molar-refractivity contribution in [3.05, 3.63) is 221 Å². The van der Waals surface area contributed by atoms with Crippen molar-refractivity contribution < 1.29 is 0 Å². The summed E-state index contributed by atoms with van der Waals surface area (Å²) in [7, 11) is 0. The highest BCUT2D eigenvalue weighted by Crippen LogP contribution is 2.50. The van der Waals surface area contributed by atoms with Gasteiger partial charge in [-0.25, -0.2) is 0 Å². The van der Waals surface area contributed by atoms with Crippen molar-refractivity contribution in [3.8, 4) is 11.1 Å². The van der Waals surface area contributed by atoms with Gasteiger partial charge in [0.1, 0.15) is 0 Å². The summed E-state index contributed by atoms with van der Waals surface area (Å²) in [6.45, 7) is 11.4. The van der Waals surface area contributed by atoms with Crippen molar-refractivity contribution in [3.63, 3.8) is 0 Å². The number of hydrogen-bond acceptors (Lipinski definition) is 2. The largest absolute Gasteiger partial charge is 0.311 e. The van der Waals surface area contributed by atoms with Crippen LogP contribution in [0.5, 0.6) is 0 Å². The number of para-hydroxylation sites is 2. The van der Waals surface area contributed by atoms with Gasteiger partial charge < -0.3 is 9.80 Å². The quantitative estimate of drug-likeness (QED) is 0.153. The second-order valence-electron chi connectivity index (χ2n) is 17.0. The van der Waals surface area contributed by atoms with E-state index >= 15 is 0 Å². The molecule has 1 unspecified atom stereocenters.